The van der Waals surface area contributed by atoms with Crippen LogP contribution in [0.1, 0.15) is 48.4 Å². The van der Waals surface area contributed by atoms with E-state index in [4.69, 9.17) is 4.98 Å². The van der Waals surface area contributed by atoms with Crippen molar-refractivity contribution in [1.82, 2.24) is 20.1 Å². The second-order valence-corrected chi connectivity index (χ2v) is 10.2. The summed E-state index contributed by atoms with van der Waals surface area (Å²) in [6, 6.07) is 12.7. The van der Waals surface area contributed by atoms with E-state index in [1.807, 2.05) is 36.3 Å². The maximum absolute atomic E-state index is 12.2. The number of aromatic nitrogens is 1. The normalized spacial score (nSPS) is 25.6. The highest BCUT2D eigenvalue weighted by atomic mass is 16.2. The number of nitrogens with one attached hydrogen (secondary N) is 1. The predicted molar refractivity (Wildman–Crippen MR) is 133 cm³/mol. The van der Waals surface area contributed by atoms with E-state index in [1.165, 1.54) is 25.7 Å². The van der Waals surface area contributed by atoms with Gasteiger partial charge in [-0.3, -0.25) is 14.5 Å². The van der Waals surface area contributed by atoms with Crippen LogP contribution in [0.15, 0.2) is 42.6 Å². The summed E-state index contributed by atoms with van der Waals surface area (Å²) in [5.74, 6) is 1.92. The highest BCUT2D eigenvalue weighted by molar-refractivity contribution is 5.82. The van der Waals surface area contributed by atoms with E-state index >= 15 is 0 Å². The van der Waals surface area contributed by atoms with Crippen LogP contribution in [0.4, 0.5) is 5.82 Å². The number of hydrogen-bond donors (Lipinski definition) is 1. The number of carbonyl (C=O) groups is 2. The van der Waals surface area contributed by atoms with Gasteiger partial charge < -0.3 is 15.1 Å². The molecule has 2 aromatic rings. The summed E-state index contributed by atoms with van der Waals surface area (Å²) < 4.78 is 0. The summed E-state index contributed by atoms with van der Waals surface area (Å²) in [5.41, 5.74) is 3.26. The van der Waals surface area contributed by atoms with E-state index in [1.54, 1.807) is 0 Å². The smallest absolute Gasteiger partial charge is 0.236 e. The molecule has 0 radical (unpaired) electrons. The first kappa shape index (κ1) is 22.8. The Morgan fingerprint density at radius 3 is 2.59 bits per heavy atom. The van der Waals surface area contributed by atoms with E-state index in [9.17, 15) is 9.59 Å². The Hall–Kier alpha value is -2.93. The molecule has 7 nitrogen and oxygen atoms in total. The Morgan fingerprint density at radius 2 is 1.85 bits per heavy atom. The van der Waals surface area contributed by atoms with Crippen molar-refractivity contribution in [3.63, 3.8) is 0 Å². The van der Waals surface area contributed by atoms with Crippen molar-refractivity contribution in [1.29, 1.82) is 0 Å². The van der Waals surface area contributed by atoms with Gasteiger partial charge in [-0.15, -0.1) is 0 Å². The lowest BCUT2D eigenvalue weighted by molar-refractivity contribution is -0.135. The molecule has 1 N–H and O–H groups in total. The first-order valence-corrected chi connectivity index (χ1v) is 12.5. The third-order valence-corrected chi connectivity index (χ3v) is 7.87. The van der Waals surface area contributed by atoms with Crippen LogP contribution < -0.4 is 10.2 Å². The minimum absolute atomic E-state index is 0.0569. The highest BCUT2D eigenvalue weighted by Crippen LogP contribution is 2.31. The van der Waals surface area contributed by atoms with Crippen molar-refractivity contribution >= 4 is 17.6 Å². The molecule has 1 saturated heterocycles. The molecule has 2 fully saturated rings. The number of piperazine rings is 1. The number of hydrogen-bond acceptors (Lipinski definition) is 5. The number of pyridine rings is 1. The Morgan fingerprint density at radius 1 is 1.06 bits per heavy atom. The van der Waals surface area contributed by atoms with Gasteiger partial charge in [-0.2, -0.15) is 0 Å². The molecular formula is C27H35N5O2. The van der Waals surface area contributed by atoms with Gasteiger partial charge >= 0.3 is 0 Å². The molecule has 3 aliphatic rings. The Bertz CT molecular complexity index is 1030. The molecule has 1 aromatic heterocycles. The summed E-state index contributed by atoms with van der Waals surface area (Å²) in [6.45, 7) is 3.41. The molecule has 5 rings (SSSR count). The number of fused-ring (bicyclic) bond motifs is 1. The molecule has 7 heteroatoms. The second kappa shape index (κ2) is 9.74. The highest BCUT2D eigenvalue weighted by Gasteiger charge is 2.31. The monoisotopic (exact) mass is 461 g/mol. The quantitative estimate of drug-likeness (QED) is 0.741. The first-order chi connectivity index (χ1) is 16.5. The molecule has 1 aromatic carbocycles. The zero-order valence-electron chi connectivity index (χ0n) is 20.2. The van der Waals surface area contributed by atoms with Gasteiger partial charge in [-0.05, 0) is 54.4 Å². The fraction of sp³-hybridized carbons (Fsp3) is 0.519. The van der Waals surface area contributed by atoms with Gasteiger partial charge in [0.15, 0.2) is 0 Å². The molecule has 180 valence electrons. The van der Waals surface area contributed by atoms with E-state index in [2.05, 4.69) is 40.4 Å². The molecule has 1 unspecified atom stereocenters. The standard InChI is InChI=1S/C27H35N5O2/c1-30-13-14-32(18-26(30)34)22-10-7-19(8-11-22)17-31(2)24-12-9-21(16-28-24)27-23-6-4-3-5-20(23)15-25(33)29-27/h3-6,9,12,16,19,22,27H,7-8,10-11,13-15,17-18H2,1-2H3,(H,29,33). The summed E-state index contributed by atoms with van der Waals surface area (Å²) in [7, 11) is 4.02. The van der Waals surface area contributed by atoms with Gasteiger partial charge in [0.25, 0.3) is 0 Å². The molecule has 0 spiro atoms. The maximum Gasteiger partial charge on any atom is 0.236 e. The van der Waals surface area contributed by atoms with Crippen LogP contribution in [0.25, 0.3) is 0 Å². The van der Waals surface area contributed by atoms with Crippen molar-refractivity contribution in [2.24, 2.45) is 5.92 Å². The summed E-state index contributed by atoms with van der Waals surface area (Å²) in [5, 5.41) is 3.12. The molecule has 2 amide bonds. The van der Waals surface area contributed by atoms with Gasteiger partial charge in [0, 0.05) is 46.0 Å². The topological polar surface area (TPSA) is 68.8 Å². The maximum atomic E-state index is 12.2. The summed E-state index contributed by atoms with van der Waals surface area (Å²) in [4.78, 5) is 35.5. The lowest BCUT2D eigenvalue weighted by Gasteiger charge is -2.41. The molecule has 1 aliphatic carbocycles. The minimum atomic E-state index is -0.138. The van der Waals surface area contributed by atoms with Crippen molar-refractivity contribution in [2.75, 3.05) is 45.2 Å². The van der Waals surface area contributed by atoms with Crippen molar-refractivity contribution < 1.29 is 9.59 Å². The largest absolute Gasteiger partial charge is 0.359 e. The minimum Gasteiger partial charge on any atom is -0.359 e. The molecule has 1 atom stereocenters. The second-order valence-electron chi connectivity index (χ2n) is 10.2. The number of benzene rings is 1. The van der Waals surface area contributed by atoms with E-state index in [0.29, 0.717) is 24.9 Å². The van der Waals surface area contributed by atoms with Crippen LogP contribution in [0.5, 0.6) is 0 Å². The van der Waals surface area contributed by atoms with Crippen LogP contribution in [0, 0.1) is 5.92 Å². The zero-order valence-corrected chi connectivity index (χ0v) is 20.2. The van der Waals surface area contributed by atoms with Crippen LogP contribution in [-0.2, 0) is 16.0 Å². The number of likely N-dealkylation sites (N-methyl/N-ethyl adjacent to an activating group) is 1. The third kappa shape index (κ3) is 4.80. The molecule has 1 saturated carbocycles. The van der Waals surface area contributed by atoms with Gasteiger partial charge in [0.2, 0.25) is 11.8 Å². The Balaban J connectivity index is 1.16. The van der Waals surface area contributed by atoms with Crippen LogP contribution in [0.2, 0.25) is 0 Å². The molecular weight excluding hydrogens is 426 g/mol. The summed E-state index contributed by atoms with van der Waals surface area (Å²) >= 11 is 0. The van der Waals surface area contributed by atoms with E-state index in [0.717, 1.165) is 42.1 Å². The lowest BCUT2D eigenvalue weighted by atomic mass is 9.84. The van der Waals surface area contributed by atoms with Crippen molar-refractivity contribution in [2.45, 2.75) is 44.2 Å². The van der Waals surface area contributed by atoms with Crippen LogP contribution in [-0.4, -0.2) is 72.9 Å². The molecule has 3 heterocycles. The van der Waals surface area contributed by atoms with E-state index < -0.39 is 0 Å². The number of carbonyl (C=O) groups excluding carboxylic acids is 2. The van der Waals surface area contributed by atoms with Crippen LogP contribution >= 0.6 is 0 Å². The van der Waals surface area contributed by atoms with Gasteiger partial charge in [-0.1, -0.05) is 30.3 Å². The number of rotatable bonds is 5. The third-order valence-electron chi connectivity index (χ3n) is 7.87. The fourth-order valence-electron chi connectivity index (χ4n) is 5.76. The van der Waals surface area contributed by atoms with Gasteiger partial charge in [0.1, 0.15) is 5.82 Å². The average molecular weight is 462 g/mol. The zero-order chi connectivity index (χ0) is 23.7. The van der Waals surface area contributed by atoms with Gasteiger partial charge in [0.05, 0.1) is 19.0 Å². The predicted octanol–water partition coefficient (Wildman–Crippen LogP) is 2.61. The first-order valence-electron chi connectivity index (χ1n) is 12.5. The van der Waals surface area contributed by atoms with Crippen molar-refractivity contribution in [3.05, 3.63) is 59.3 Å². The number of anilines is 1. The average Bonchev–Trinajstić information content (AvgIpc) is 2.86. The molecule has 34 heavy (non-hydrogen) atoms. The molecule has 2 aliphatic heterocycles. The SMILES string of the molecule is CN1CCN(C2CCC(CN(C)c3ccc(C4NC(=O)Cc5ccccc54)cn3)CC2)CC1=O. The van der Waals surface area contributed by atoms with Crippen LogP contribution in [0.3, 0.4) is 0 Å². The Kier molecular flexibility index (Phi) is 6.55. The number of nitrogens with zero attached hydrogens (tertiary/aromatic N) is 4. The van der Waals surface area contributed by atoms with Gasteiger partial charge in [-0.25, -0.2) is 4.98 Å². The van der Waals surface area contributed by atoms with Crippen molar-refractivity contribution in [3.8, 4) is 0 Å². The van der Waals surface area contributed by atoms with E-state index in [-0.39, 0.29) is 17.9 Å². The number of amides is 2. The summed E-state index contributed by atoms with van der Waals surface area (Å²) in [6.07, 6.45) is 7.07. The Labute approximate surface area is 202 Å². The fourth-order valence-corrected chi connectivity index (χ4v) is 5.76. The lowest BCUT2D eigenvalue weighted by Crippen LogP contribution is -2.53. The molecule has 0 bridgehead atoms.